The van der Waals surface area contributed by atoms with E-state index in [0.717, 1.165) is 26.3 Å². The number of phenols is 1. The number of H-pyrrole nitrogens is 1. The zero-order valence-electron chi connectivity index (χ0n) is 23.4. The van der Waals surface area contributed by atoms with Crippen molar-refractivity contribution in [3.63, 3.8) is 0 Å². The van der Waals surface area contributed by atoms with Gasteiger partial charge in [-0.25, -0.2) is 33.4 Å². The summed E-state index contributed by atoms with van der Waals surface area (Å²) in [5.41, 5.74) is 0.984. The number of aromatic hydroxyl groups is 1. The SMILES string of the molecule is CC(C)c1cc(-c2n[nH]c(=O)n2-c2ccc3c(ccn3C(C)C)c2)c(OC(=O)c2ncn3c(=O)n(C)nnc23)cc1O. The lowest BCUT2D eigenvalue weighted by Gasteiger charge is -2.16. The molecule has 0 saturated carbocycles. The largest absolute Gasteiger partial charge is 0.508 e. The summed E-state index contributed by atoms with van der Waals surface area (Å²) in [4.78, 5) is 42.8. The van der Waals surface area contributed by atoms with Crippen LogP contribution in [0.25, 0.3) is 33.6 Å². The van der Waals surface area contributed by atoms with E-state index in [4.69, 9.17) is 4.74 Å². The third-order valence-corrected chi connectivity index (χ3v) is 7.08. The van der Waals surface area contributed by atoms with Gasteiger partial charge in [-0.05, 0) is 55.7 Å². The number of hydrogen-bond acceptors (Lipinski definition) is 9. The normalized spacial score (nSPS) is 11.8. The van der Waals surface area contributed by atoms with Crippen LogP contribution in [0.15, 0.2) is 58.5 Å². The van der Waals surface area contributed by atoms with E-state index >= 15 is 0 Å². The van der Waals surface area contributed by atoms with Crippen molar-refractivity contribution in [1.29, 1.82) is 0 Å². The minimum atomic E-state index is -0.945. The standard InChI is InChI=1S/C28H27N9O5/c1-14(2)18-11-19(22(12-21(18)38)42-26(39)23-25-31-33-34(5)28(41)36(25)13-29-23)24-30-32-27(40)37(24)17-6-7-20-16(10-17)8-9-35(20)15(3)4/h6-15,38H,1-5H3,(H,32,40). The Kier molecular flexibility index (Phi) is 6.25. The lowest BCUT2D eigenvalue weighted by atomic mass is 9.98. The molecule has 214 valence electrons. The molecule has 0 unspecified atom stereocenters. The van der Waals surface area contributed by atoms with Crippen molar-refractivity contribution in [3.05, 3.63) is 81.1 Å². The van der Waals surface area contributed by atoms with Gasteiger partial charge in [-0.3, -0.25) is 0 Å². The second-order valence-corrected chi connectivity index (χ2v) is 10.5. The molecule has 0 fully saturated rings. The number of fused-ring (bicyclic) bond motifs is 2. The van der Waals surface area contributed by atoms with E-state index in [1.165, 1.54) is 17.7 Å². The van der Waals surface area contributed by atoms with Gasteiger partial charge in [0.25, 0.3) is 0 Å². The van der Waals surface area contributed by atoms with Gasteiger partial charge >= 0.3 is 17.3 Å². The Morgan fingerprint density at radius 3 is 2.60 bits per heavy atom. The number of aromatic amines is 1. The van der Waals surface area contributed by atoms with E-state index in [-0.39, 0.29) is 46.2 Å². The maximum Gasteiger partial charge on any atom is 0.366 e. The van der Waals surface area contributed by atoms with Crippen LogP contribution >= 0.6 is 0 Å². The topological polar surface area (TPSA) is 167 Å². The van der Waals surface area contributed by atoms with Gasteiger partial charge in [0.2, 0.25) is 0 Å². The highest BCUT2D eigenvalue weighted by Gasteiger charge is 2.25. The Labute approximate surface area is 237 Å². The van der Waals surface area contributed by atoms with Crippen LogP contribution in [-0.2, 0) is 7.05 Å². The lowest BCUT2D eigenvalue weighted by molar-refractivity contribution is 0.0731. The van der Waals surface area contributed by atoms with E-state index in [1.807, 2.05) is 44.3 Å². The van der Waals surface area contributed by atoms with Crippen molar-refractivity contribution < 1.29 is 14.6 Å². The molecule has 0 aliphatic rings. The van der Waals surface area contributed by atoms with Gasteiger partial charge in [-0.2, -0.15) is 9.78 Å². The van der Waals surface area contributed by atoms with Crippen LogP contribution in [-0.4, -0.2) is 54.8 Å². The monoisotopic (exact) mass is 569 g/mol. The molecule has 14 heteroatoms. The molecule has 0 spiro atoms. The summed E-state index contributed by atoms with van der Waals surface area (Å²) in [5, 5.41) is 26.1. The van der Waals surface area contributed by atoms with Crippen LogP contribution in [0.5, 0.6) is 11.5 Å². The first-order valence-electron chi connectivity index (χ1n) is 13.2. The first-order chi connectivity index (χ1) is 20.0. The van der Waals surface area contributed by atoms with Crippen molar-refractivity contribution >= 4 is 22.5 Å². The highest BCUT2D eigenvalue weighted by Crippen LogP contribution is 2.39. The molecule has 6 aromatic rings. The van der Waals surface area contributed by atoms with Gasteiger partial charge in [-0.1, -0.05) is 19.1 Å². The van der Waals surface area contributed by atoms with Crippen molar-refractivity contribution in [2.75, 3.05) is 0 Å². The molecule has 0 atom stereocenters. The Bertz CT molecular complexity index is 2130. The smallest absolute Gasteiger partial charge is 0.366 e. The Balaban J connectivity index is 1.49. The highest BCUT2D eigenvalue weighted by atomic mass is 16.5. The van der Waals surface area contributed by atoms with Gasteiger partial charge in [0.05, 0.1) is 11.3 Å². The third kappa shape index (κ3) is 4.24. The Morgan fingerprint density at radius 2 is 1.86 bits per heavy atom. The number of nitrogens with one attached hydrogen (secondary N) is 1. The number of aromatic nitrogens is 9. The van der Waals surface area contributed by atoms with Crippen LogP contribution in [0.1, 0.15) is 55.7 Å². The zero-order valence-corrected chi connectivity index (χ0v) is 23.4. The van der Waals surface area contributed by atoms with E-state index in [0.29, 0.717) is 11.3 Å². The molecule has 0 saturated heterocycles. The second-order valence-electron chi connectivity index (χ2n) is 10.5. The molecule has 0 amide bonds. The molecule has 0 bridgehead atoms. The molecule has 4 aromatic heterocycles. The van der Waals surface area contributed by atoms with E-state index in [1.54, 1.807) is 6.07 Å². The number of carbonyl (C=O) groups is 1. The Morgan fingerprint density at radius 1 is 1.07 bits per heavy atom. The van der Waals surface area contributed by atoms with Crippen LogP contribution in [0.3, 0.4) is 0 Å². The summed E-state index contributed by atoms with van der Waals surface area (Å²) in [6, 6.07) is 10.8. The fourth-order valence-corrected chi connectivity index (χ4v) is 4.94. The Hall–Kier alpha value is -5.53. The summed E-state index contributed by atoms with van der Waals surface area (Å²) in [5.74, 6) is -1.08. The number of nitrogens with zero attached hydrogens (tertiary/aromatic N) is 8. The van der Waals surface area contributed by atoms with Gasteiger partial charge in [0, 0.05) is 36.3 Å². The predicted octanol–water partition coefficient (Wildman–Crippen LogP) is 2.95. The van der Waals surface area contributed by atoms with Crippen molar-refractivity contribution in [2.24, 2.45) is 7.05 Å². The molecule has 14 nitrogen and oxygen atoms in total. The molecule has 2 aromatic carbocycles. The third-order valence-electron chi connectivity index (χ3n) is 7.08. The van der Waals surface area contributed by atoms with Crippen molar-refractivity contribution in [1.82, 2.24) is 43.7 Å². The fraction of sp³-hybridized carbons (Fsp3) is 0.250. The molecule has 2 N–H and O–H groups in total. The number of phenolic OH excluding ortho intramolecular Hbond substituents is 1. The minimum absolute atomic E-state index is 0.0767. The summed E-state index contributed by atoms with van der Waals surface area (Å²) in [6.45, 7) is 7.97. The summed E-state index contributed by atoms with van der Waals surface area (Å²) in [7, 11) is 1.42. The van der Waals surface area contributed by atoms with Crippen LogP contribution in [0, 0.1) is 0 Å². The van der Waals surface area contributed by atoms with Crippen LogP contribution < -0.4 is 16.1 Å². The number of rotatable bonds is 6. The summed E-state index contributed by atoms with van der Waals surface area (Å²) in [6.07, 6.45) is 3.14. The fourth-order valence-electron chi connectivity index (χ4n) is 4.94. The molecular formula is C28H27N9O5. The van der Waals surface area contributed by atoms with E-state index in [9.17, 15) is 19.5 Å². The molecule has 6 rings (SSSR count). The van der Waals surface area contributed by atoms with Gasteiger partial charge < -0.3 is 14.4 Å². The summed E-state index contributed by atoms with van der Waals surface area (Å²) >= 11 is 0. The number of aryl methyl sites for hydroxylation is 1. The average Bonchev–Trinajstić information content (AvgIpc) is 3.67. The minimum Gasteiger partial charge on any atom is -0.508 e. The molecule has 0 radical (unpaired) electrons. The number of carbonyl (C=O) groups excluding carboxylic acids is 1. The number of hydrogen-bond donors (Lipinski definition) is 2. The van der Waals surface area contributed by atoms with Gasteiger partial charge in [0.15, 0.2) is 17.2 Å². The first-order valence-corrected chi connectivity index (χ1v) is 13.2. The van der Waals surface area contributed by atoms with E-state index in [2.05, 4.69) is 43.9 Å². The highest BCUT2D eigenvalue weighted by molar-refractivity contribution is 5.96. The summed E-state index contributed by atoms with van der Waals surface area (Å²) < 4.78 is 11.3. The van der Waals surface area contributed by atoms with Gasteiger partial charge in [-0.15, -0.1) is 5.10 Å². The predicted molar refractivity (Wildman–Crippen MR) is 152 cm³/mol. The molecule has 4 heterocycles. The molecular weight excluding hydrogens is 542 g/mol. The maximum atomic E-state index is 13.3. The number of esters is 1. The second kappa shape index (κ2) is 9.83. The number of ether oxygens (including phenoxy) is 1. The molecule has 42 heavy (non-hydrogen) atoms. The molecule has 0 aliphatic carbocycles. The van der Waals surface area contributed by atoms with Crippen molar-refractivity contribution in [2.45, 2.75) is 39.7 Å². The molecule has 0 aliphatic heterocycles. The van der Waals surface area contributed by atoms with Crippen LogP contribution in [0.2, 0.25) is 0 Å². The number of benzene rings is 2. The first kappa shape index (κ1) is 26.7. The zero-order chi connectivity index (χ0) is 29.9. The maximum absolute atomic E-state index is 13.3. The van der Waals surface area contributed by atoms with E-state index < -0.39 is 17.3 Å². The lowest BCUT2D eigenvalue weighted by Crippen LogP contribution is -2.27. The quantitative estimate of drug-likeness (QED) is 0.226. The van der Waals surface area contributed by atoms with Crippen molar-refractivity contribution in [3.8, 4) is 28.6 Å². The average molecular weight is 570 g/mol. The van der Waals surface area contributed by atoms with Crippen LogP contribution in [0.4, 0.5) is 0 Å². The van der Waals surface area contributed by atoms with Gasteiger partial charge in [0.1, 0.15) is 17.8 Å². The number of imidazole rings is 1.